The van der Waals surface area contributed by atoms with Crippen molar-refractivity contribution < 1.29 is 42.9 Å². The van der Waals surface area contributed by atoms with Gasteiger partial charge < -0.3 is 55.2 Å². The van der Waals surface area contributed by atoms with Gasteiger partial charge in [0.1, 0.15) is 11.6 Å². The number of likely N-dealkylation sites (tertiary alicyclic amines) is 1. The standard InChI is InChI=1S/C31H43BN4O4.C24H36BN3O3.C7H9NO2/c1-20(2)15-24(33-6)28(37)36-14-10-13-23(36)19-34-29(38)35-27(16-21-11-8-7-9-12-21)32-39-26-18-22-17-25(30(22,3)4)31(26,5)40-32;1-23(2)17-13-19(23)24(3)20(14-17)30-25(31-24)21(12-16-8-5-4-6-9-16)28-22(29)27-15-18-10-7-11-26-18;1-5(2)3-6(4-8)7(9)10/h7-9,11-12,15,20,22-23,25-27H,10,13-14,16-19H2,1-5H3,(H2,34,35,38);4-6,8-9,17-21,26H,7,10-15H2,1-3H3,(H2,27,28,29);3,5H,1-2H3,(H,9,10)/t22-,23-,25-,26+,27-,31-;17-,18-,19-,20+,21-,24-;/m00./s1. The van der Waals surface area contributed by atoms with Gasteiger partial charge in [0.05, 0.1) is 41.9 Å². The van der Waals surface area contributed by atoms with E-state index in [0.29, 0.717) is 67.6 Å². The van der Waals surface area contributed by atoms with E-state index in [2.05, 4.69) is 97.2 Å². The lowest BCUT2D eigenvalue weighted by molar-refractivity contribution is -0.199. The molecule has 6 aliphatic carbocycles. The largest absolute Gasteiger partial charge is 0.482 e. The number of rotatable bonds is 16. The highest BCUT2D eigenvalue weighted by atomic mass is 16.7. The molecule has 436 valence electrons. The fourth-order valence-corrected chi connectivity index (χ4v) is 14.5. The van der Waals surface area contributed by atoms with Crippen LogP contribution in [0.15, 0.2) is 84.1 Å². The van der Waals surface area contributed by atoms with E-state index in [0.717, 1.165) is 44.2 Å². The third-order valence-electron chi connectivity index (χ3n) is 19.3. The first-order chi connectivity index (χ1) is 38.5. The van der Waals surface area contributed by atoms with Crippen LogP contribution in [0.2, 0.25) is 0 Å². The summed E-state index contributed by atoms with van der Waals surface area (Å²) in [7, 11) is -0.969. The molecule has 12 atom stereocenters. The van der Waals surface area contributed by atoms with Crippen LogP contribution in [0.4, 0.5) is 9.59 Å². The molecular weight excluding hydrogens is 1020 g/mol. The summed E-state index contributed by atoms with van der Waals surface area (Å²) < 4.78 is 26.4. The van der Waals surface area contributed by atoms with Crippen molar-refractivity contribution in [3.05, 3.63) is 107 Å². The number of amides is 5. The summed E-state index contributed by atoms with van der Waals surface area (Å²) in [5.74, 6) is 0.517. The van der Waals surface area contributed by atoms with Gasteiger partial charge in [-0.05, 0) is 142 Å². The monoisotopic (exact) mass is 1110 g/mol. The molecule has 6 saturated carbocycles. The first-order valence-corrected chi connectivity index (χ1v) is 29.8. The second-order valence-corrected chi connectivity index (χ2v) is 26.2. The molecule has 4 heterocycles. The normalized spacial score (nSPS) is 30.8. The topological polar surface area (TPSA) is 217 Å². The van der Waals surface area contributed by atoms with Crippen molar-refractivity contribution in [2.45, 2.75) is 181 Å². The molecule has 5 amide bonds. The fraction of sp³-hybridized carbons (Fsp3) is 0.645. The molecule has 17 nitrogen and oxygen atoms in total. The summed E-state index contributed by atoms with van der Waals surface area (Å²) in [6.45, 7) is 31.4. The number of nitriles is 1. The molecule has 81 heavy (non-hydrogen) atoms. The predicted molar refractivity (Wildman–Crippen MR) is 313 cm³/mol. The van der Waals surface area contributed by atoms with Crippen LogP contribution in [0.1, 0.15) is 132 Å². The van der Waals surface area contributed by atoms with Crippen LogP contribution in [0.5, 0.6) is 0 Å². The SMILES string of the molecule is CC(C)C=C(C#N)C(=O)O.CC1(C)[C@@H]2C[C@H]3OB([C@H](Cc4ccccc4)NC(=O)NC[C@@H]4CCCN4)O[C@@]3(C)[C@H]1C2.[C-]#[N+]C(=CC(C)C)C(=O)N1CCC[C@H]1CNC(=O)N[C@@H](Cc1ccccc1)B1O[C@@H]2C[C@@H]3C[C@@H](C3(C)C)[C@]2(C)O1. The molecule has 4 bridgehead atoms. The second-order valence-electron chi connectivity index (χ2n) is 26.2. The van der Waals surface area contributed by atoms with Crippen LogP contribution in [0.3, 0.4) is 0 Å². The van der Waals surface area contributed by atoms with Gasteiger partial charge in [-0.3, -0.25) is 4.79 Å². The number of carbonyl (C=O) groups is 4. The highest BCUT2D eigenvalue weighted by molar-refractivity contribution is 6.48. The molecular formula is C62H88B2N8O9. The number of carboxylic acids is 1. The molecule has 12 rings (SSSR count). The highest BCUT2D eigenvalue weighted by Gasteiger charge is 2.70. The number of carboxylic acid groups (broad SMARTS) is 1. The zero-order chi connectivity index (χ0) is 58.4. The third kappa shape index (κ3) is 13.9. The van der Waals surface area contributed by atoms with Gasteiger partial charge in [0, 0.05) is 31.7 Å². The van der Waals surface area contributed by atoms with Gasteiger partial charge in [-0.1, -0.05) is 128 Å². The van der Waals surface area contributed by atoms with Crippen molar-refractivity contribution in [3.63, 3.8) is 0 Å². The first-order valence-electron chi connectivity index (χ1n) is 29.8. The number of urea groups is 2. The Labute approximate surface area is 482 Å². The first kappa shape index (κ1) is 61.4. The van der Waals surface area contributed by atoms with Crippen LogP contribution in [0.25, 0.3) is 4.85 Å². The van der Waals surface area contributed by atoms with Crippen molar-refractivity contribution in [2.24, 2.45) is 46.3 Å². The number of hydrogen-bond acceptors (Lipinski definition) is 10. The predicted octanol–water partition coefficient (Wildman–Crippen LogP) is 8.71. The lowest BCUT2D eigenvalue weighted by Crippen LogP contribution is -2.65. The Hall–Kier alpha value is -5.69. The molecule has 4 saturated heterocycles. The van der Waals surface area contributed by atoms with Gasteiger partial charge in [0.15, 0.2) is 0 Å². The number of nitrogens with zero attached hydrogens (tertiary/aromatic N) is 3. The third-order valence-corrected chi connectivity index (χ3v) is 19.3. The Morgan fingerprint density at radius 1 is 0.753 bits per heavy atom. The van der Waals surface area contributed by atoms with Gasteiger partial charge in [0.2, 0.25) is 5.70 Å². The minimum Gasteiger partial charge on any atom is -0.477 e. The Kier molecular flexibility index (Phi) is 19.6. The minimum absolute atomic E-state index is 0.0333. The van der Waals surface area contributed by atoms with Crippen LogP contribution in [-0.4, -0.2) is 122 Å². The average Bonchev–Trinajstić information content (AvgIpc) is 2.06. The Balaban J connectivity index is 0.000000186. The lowest BCUT2D eigenvalue weighted by Gasteiger charge is -2.64. The van der Waals surface area contributed by atoms with Crippen molar-refractivity contribution in [2.75, 3.05) is 26.2 Å². The average molecular weight is 1110 g/mol. The zero-order valence-corrected chi connectivity index (χ0v) is 49.5. The maximum Gasteiger partial charge on any atom is 0.482 e. The molecule has 2 aromatic rings. The summed E-state index contributed by atoms with van der Waals surface area (Å²) in [6.07, 6.45) is 12.9. The number of aliphatic carboxylic acids is 1. The van der Waals surface area contributed by atoms with E-state index in [-0.39, 0.29) is 87.8 Å². The summed E-state index contributed by atoms with van der Waals surface area (Å²) in [4.78, 5) is 54.4. The number of allylic oxidation sites excluding steroid dienone is 2. The van der Waals surface area contributed by atoms with Crippen LogP contribution in [-0.2, 0) is 41.0 Å². The van der Waals surface area contributed by atoms with Crippen molar-refractivity contribution in [1.29, 1.82) is 5.26 Å². The molecule has 6 N–H and O–H groups in total. The molecule has 10 fully saturated rings. The molecule has 0 spiro atoms. The van der Waals surface area contributed by atoms with E-state index >= 15 is 0 Å². The molecule has 4 aliphatic heterocycles. The lowest BCUT2D eigenvalue weighted by atomic mass is 9.43. The molecule has 0 unspecified atom stereocenters. The van der Waals surface area contributed by atoms with Gasteiger partial charge >= 0.3 is 32.3 Å². The fourth-order valence-electron chi connectivity index (χ4n) is 14.5. The maximum atomic E-state index is 13.2. The highest BCUT2D eigenvalue weighted by Crippen LogP contribution is 2.67. The molecule has 0 radical (unpaired) electrons. The number of hydrogen-bond donors (Lipinski definition) is 6. The van der Waals surface area contributed by atoms with E-state index in [1.54, 1.807) is 17.0 Å². The number of carbonyl (C=O) groups excluding carboxylic acids is 3. The summed E-state index contributed by atoms with van der Waals surface area (Å²) in [5, 5.41) is 32.4. The zero-order valence-electron chi connectivity index (χ0n) is 49.5. The number of benzene rings is 2. The Bertz CT molecular complexity index is 2690. The minimum atomic E-state index is -1.16. The van der Waals surface area contributed by atoms with Crippen LogP contribution >= 0.6 is 0 Å². The van der Waals surface area contributed by atoms with Gasteiger partial charge in [-0.15, -0.1) is 0 Å². The summed E-state index contributed by atoms with van der Waals surface area (Å²) >= 11 is 0. The van der Waals surface area contributed by atoms with Crippen molar-refractivity contribution in [1.82, 2.24) is 31.5 Å². The smallest absolute Gasteiger partial charge is 0.477 e. The summed E-state index contributed by atoms with van der Waals surface area (Å²) in [5.41, 5.74) is 2.15. The second kappa shape index (κ2) is 25.8. The number of nitrogens with one attached hydrogen (secondary N) is 5. The maximum absolute atomic E-state index is 13.2. The van der Waals surface area contributed by atoms with Crippen LogP contribution in [0, 0.1) is 64.2 Å². The molecule has 0 aromatic heterocycles. The van der Waals surface area contributed by atoms with Crippen molar-refractivity contribution >= 4 is 38.2 Å². The van der Waals surface area contributed by atoms with E-state index in [4.69, 9.17) is 35.6 Å². The Morgan fingerprint density at radius 3 is 1.65 bits per heavy atom. The van der Waals surface area contributed by atoms with Gasteiger partial charge in [-0.2, -0.15) is 5.26 Å². The molecule has 2 aromatic carbocycles. The van der Waals surface area contributed by atoms with Gasteiger partial charge in [-0.25, -0.2) is 19.2 Å². The summed E-state index contributed by atoms with van der Waals surface area (Å²) in [6, 6.07) is 21.7. The van der Waals surface area contributed by atoms with E-state index in [1.165, 1.54) is 30.9 Å². The van der Waals surface area contributed by atoms with E-state index in [1.807, 2.05) is 64.1 Å². The van der Waals surface area contributed by atoms with Gasteiger partial charge in [0.25, 0.3) is 5.91 Å². The molecule has 10 aliphatic rings. The molecule has 19 heteroatoms. The van der Waals surface area contributed by atoms with Crippen LogP contribution < -0.4 is 26.6 Å². The quantitative estimate of drug-likeness (QED) is 0.0404. The Morgan fingerprint density at radius 2 is 1.25 bits per heavy atom. The van der Waals surface area contributed by atoms with Crippen molar-refractivity contribution in [3.8, 4) is 6.07 Å². The van der Waals surface area contributed by atoms with E-state index in [9.17, 15) is 19.2 Å². The van der Waals surface area contributed by atoms with E-state index < -0.39 is 20.2 Å².